The van der Waals surface area contributed by atoms with Crippen LogP contribution in [0.1, 0.15) is 6.92 Å². The van der Waals surface area contributed by atoms with E-state index in [9.17, 15) is 0 Å². The summed E-state index contributed by atoms with van der Waals surface area (Å²) in [5.41, 5.74) is 0.923. The molecule has 4 nitrogen and oxygen atoms in total. The van der Waals surface area contributed by atoms with Crippen molar-refractivity contribution in [2.24, 2.45) is 0 Å². The Bertz CT molecular complexity index is 305. The van der Waals surface area contributed by atoms with Gasteiger partial charge < -0.3 is 15.4 Å². The molecule has 0 saturated heterocycles. The largest absolute Gasteiger partial charge is 0.383 e. The minimum atomic E-state index is 0.192. The maximum absolute atomic E-state index is 5.13. The van der Waals surface area contributed by atoms with Crippen molar-refractivity contribution in [1.29, 1.82) is 0 Å². The minimum absolute atomic E-state index is 0.192. The highest BCUT2D eigenvalue weighted by atomic mass is 32.1. The Labute approximate surface area is 95.0 Å². The average molecular weight is 225 g/mol. The fourth-order valence-corrected chi connectivity index (χ4v) is 1.44. The fourth-order valence-electron chi connectivity index (χ4n) is 1.12. The van der Waals surface area contributed by atoms with Crippen molar-refractivity contribution in [2.45, 2.75) is 13.0 Å². The van der Waals surface area contributed by atoms with E-state index in [4.69, 9.17) is 17.0 Å². The molecule has 1 atom stereocenters. The number of methoxy groups -OCH3 is 1. The fraction of sp³-hybridized carbons (Fsp3) is 0.400. The van der Waals surface area contributed by atoms with E-state index in [1.54, 1.807) is 19.5 Å². The van der Waals surface area contributed by atoms with Crippen molar-refractivity contribution < 1.29 is 4.74 Å². The number of aromatic nitrogens is 1. The Hall–Kier alpha value is -1.20. The van der Waals surface area contributed by atoms with Crippen molar-refractivity contribution in [1.82, 2.24) is 10.3 Å². The zero-order valence-electron chi connectivity index (χ0n) is 8.86. The quantitative estimate of drug-likeness (QED) is 0.759. The van der Waals surface area contributed by atoms with E-state index >= 15 is 0 Å². The van der Waals surface area contributed by atoms with Crippen molar-refractivity contribution in [2.75, 3.05) is 19.0 Å². The monoisotopic (exact) mass is 225 g/mol. The van der Waals surface area contributed by atoms with Gasteiger partial charge in [-0.05, 0) is 31.3 Å². The predicted octanol–water partition coefficient (Wildman–Crippen LogP) is 1.40. The van der Waals surface area contributed by atoms with Gasteiger partial charge in [0, 0.05) is 31.2 Å². The third-order valence-corrected chi connectivity index (χ3v) is 1.95. The average Bonchev–Trinajstić information content (AvgIpc) is 2.19. The highest BCUT2D eigenvalue weighted by molar-refractivity contribution is 7.80. The van der Waals surface area contributed by atoms with E-state index in [-0.39, 0.29) is 6.04 Å². The molecule has 82 valence electrons. The van der Waals surface area contributed by atoms with Crippen LogP contribution in [0.4, 0.5) is 5.69 Å². The Balaban J connectivity index is 2.36. The number of rotatable bonds is 4. The molecule has 0 bridgehead atoms. The molecule has 0 radical (unpaired) electrons. The number of hydrogen-bond donors (Lipinski definition) is 2. The van der Waals surface area contributed by atoms with Gasteiger partial charge in [-0.3, -0.25) is 4.98 Å². The highest BCUT2D eigenvalue weighted by Gasteiger charge is 2.02. The van der Waals surface area contributed by atoms with Gasteiger partial charge in [-0.1, -0.05) is 0 Å². The first-order valence-electron chi connectivity index (χ1n) is 4.69. The molecule has 0 aliphatic heterocycles. The molecule has 1 rings (SSSR count). The molecule has 0 amide bonds. The molecule has 0 aliphatic rings. The van der Waals surface area contributed by atoms with Crippen LogP contribution >= 0.6 is 12.2 Å². The van der Waals surface area contributed by atoms with Gasteiger partial charge in [0.15, 0.2) is 5.11 Å². The third-order valence-electron chi connectivity index (χ3n) is 1.73. The van der Waals surface area contributed by atoms with E-state index in [1.807, 2.05) is 19.1 Å². The Morgan fingerprint density at radius 1 is 1.53 bits per heavy atom. The molecule has 1 aromatic heterocycles. The van der Waals surface area contributed by atoms with Gasteiger partial charge in [0.2, 0.25) is 0 Å². The van der Waals surface area contributed by atoms with Crippen molar-refractivity contribution >= 4 is 23.0 Å². The first-order chi connectivity index (χ1) is 7.22. The number of hydrogen-bond acceptors (Lipinski definition) is 3. The molecule has 0 fully saturated rings. The summed E-state index contributed by atoms with van der Waals surface area (Å²) in [6.45, 7) is 2.63. The molecule has 2 N–H and O–H groups in total. The van der Waals surface area contributed by atoms with Gasteiger partial charge in [0.25, 0.3) is 0 Å². The predicted molar refractivity (Wildman–Crippen MR) is 64.9 cm³/mol. The highest BCUT2D eigenvalue weighted by Crippen LogP contribution is 2.02. The van der Waals surface area contributed by atoms with Crippen molar-refractivity contribution in [3.63, 3.8) is 0 Å². The maximum Gasteiger partial charge on any atom is 0.171 e. The Kier molecular flexibility index (Phi) is 5.00. The normalized spacial score (nSPS) is 11.9. The van der Waals surface area contributed by atoms with Crippen molar-refractivity contribution in [3.05, 3.63) is 24.5 Å². The molecule has 1 heterocycles. The van der Waals surface area contributed by atoms with E-state index in [1.165, 1.54) is 0 Å². The van der Waals surface area contributed by atoms with Gasteiger partial charge in [0.05, 0.1) is 6.61 Å². The van der Waals surface area contributed by atoms with Crippen LogP contribution in [0.3, 0.4) is 0 Å². The van der Waals surface area contributed by atoms with Crippen LogP contribution in [-0.2, 0) is 4.74 Å². The van der Waals surface area contributed by atoms with Gasteiger partial charge in [-0.2, -0.15) is 0 Å². The molecule has 0 aliphatic carbocycles. The first kappa shape index (κ1) is 11.9. The second-order valence-corrected chi connectivity index (χ2v) is 3.60. The molecule has 1 aromatic rings. The Morgan fingerprint density at radius 3 is 2.80 bits per heavy atom. The third kappa shape index (κ3) is 4.71. The smallest absolute Gasteiger partial charge is 0.171 e. The molecular formula is C10H15N3OS. The Morgan fingerprint density at radius 2 is 2.20 bits per heavy atom. The van der Waals surface area contributed by atoms with E-state index in [0.717, 1.165) is 5.69 Å². The second kappa shape index (κ2) is 6.31. The second-order valence-electron chi connectivity index (χ2n) is 3.19. The lowest BCUT2D eigenvalue weighted by Gasteiger charge is -2.15. The molecule has 0 unspecified atom stereocenters. The summed E-state index contributed by atoms with van der Waals surface area (Å²) in [6, 6.07) is 3.90. The summed E-state index contributed by atoms with van der Waals surface area (Å²) in [7, 11) is 1.66. The lowest BCUT2D eigenvalue weighted by molar-refractivity contribution is 0.179. The summed E-state index contributed by atoms with van der Waals surface area (Å²) in [6.07, 6.45) is 3.42. The number of thiocarbonyl (C=S) groups is 1. The molecule has 0 aromatic carbocycles. The van der Waals surface area contributed by atoms with Gasteiger partial charge in [-0.15, -0.1) is 0 Å². The molecule has 5 heteroatoms. The minimum Gasteiger partial charge on any atom is -0.383 e. The summed E-state index contributed by atoms with van der Waals surface area (Å²) >= 11 is 5.13. The lowest BCUT2D eigenvalue weighted by atomic mass is 10.4. The van der Waals surface area contributed by atoms with Gasteiger partial charge in [-0.25, -0.2) is 0 Å². The summed E-state index contributed by atoms with van der Waals surface area (Å²) in [5, 5.41) is 6.75. The first-order valence-corrected chi connectivity index (χ1v) is 5.09. The molecular weight excluding hydrogens is 210 g/mol. The number of nitrogens with one attached hydrogen (secondary N) is 2. The zero-order chi connectivity index (χ0) is 11.1. The van der Waals surface area contributed by atoms with Crippen LogP contribution in [0.5, 0.6) is 0 Å². The van der Waals surface area contributed by atoms with E-state index < -0.39 is 0 Å². The number of ether oxygens (including phenoxy) is 1. The molecule has 15 heavy (non-hydrogen) atoms. The number of pyridine rings is 1. The molecule has 0 spiro atoms. The maximum atomic E-state index is 5.13. The van der Waals surface area contributed by atoms with Crippen LogP contribution in [-0.4, -0.2) is 29.9 Å². The van der Waals surface area contributed by atoms with E-state index in [2.05, 4.69) is 15.6 Å². The van der Waals surface area contributed by atoms with Crippen LogP contribution in [0.2, 0.25) is 0 Å². The van der Waals surface area contributed by atoms with Crippen molar-refractivity contribution in [3.8, 4) is 0 Å². The lowest BCUT2D eigenvalue weighted by Crippen LogP contribution is -2.38. The zero-order valence-corrected chi connectivity index (χ0v) is 9.67. The SMILES string of the molecule is COC[C@@H](C)NC(=S)Nc1ccncc1. The molecule has 0 saturated carbocycles. The number of anilines is 1. The standard InChI is InChI=1S/C10H15N3OS/c1-8(7-14-2)12-10(15)13-9-3-5-11-6-4-9/h3-6,8H,7H2,1-2H3,(H2,11,12,13,15)/t8-/m1/s1. The van der Waals surface area contributed by atoms with Crippen LogP contribution in [0, 0.1) is 0 Å². The summed E-state index contributed by atoms with van der Waals surface area (Å²) < 4.78 is 4.99. The van der Waals surface area contributed by atoms with Crippen LogP contribution in [0.15, 0.2) is 24.5 Å². The van der Waals surface area contributed by atoms with Crippen LogP contribution in [0.25, 0.3) is 0 Å². The van der Waals surface area contributed by atoms with Gasteiger partial charge in [0.1, 0.15) is 0 Å². The van der Waals surface area contributed by atoms with Gasteiger partial charge >= 0.3 is 0 Å². The topological polar surface area (TPSA) is 46.2 Å². The van der Waals surface area contributed by atoms with E-state index in [0.29, 0.717) is 11.7 Å². The number of nitrogens with zero attached hydrogens (tertiary/aromatic N) is 1. The summed E-state index contributed by atoms with van der Waals surface area (Å²) in [4.78, 5) is 3.92. The van der Waals surface area contributed by atoms with Crippen LogP contribution < -0.4 is 10.6 Å². The summed E-state index contributed by atoms with van der Waals surface area (Å²) in [5.74, 6) is 0.